The molecule has 0 bridgehead atoms. The van der Waals surface area contributed by atoms with Crippen LogP contribution in [0.5, 0.6) is 11.5 Å². The van der Waals surface area contributed by atoms with E-state index in [0.717, 1.165) is 35.7 Å². The number of benzene rings is 2. The molecule has 0 aliphatic carbocycles. The second-order valence-electron chi connectivity index (χ2n) is 10.8. The van der Waals surface area contributed by atoms with E-state index >= 15 is 0 Å². The maximum atomic E-state index is 13.2. The van der Waals surface area contributed by atoms with Crippen LogP contribution >= 0.6 is 0 Å². The molecule has 3 atom stereocenters. The Labute approximate surface area is 214 Å². The van der Waals surface area contributed by atoms with Crippen molar-refractivity contribution in [3.8, 4) is 11.5 Å². The first-order valence-electron chi connectivity index (χ1n) is 13.0. The predicted octanol–water partition coefficient (Wildman–Crippen LogP) is 3.90. The Kier molecular flexibility index (Phi) is 6.33. The Morgan fingerprint density at radius 1 is 1.14 bits per heavy atom. The maximum absolute atomic E-state index is 13.2. The van der Waals surface area contributed by atoms with Crippen molar-refractivity contribution in [3.05, 3.63) is 58.7 Å². The lowest BCUT2D eigenvalue weighted by Gasteiger charge is -2.38. The molecule has 0 aromatic heterocycles. The molecule has 36 heavy (non-hydrogen) atoms. The zero-order chi connectivity index (χ0) is 25.8. The monoisotopic (exact) mass is 490 g/mol. The first-order chi connectivity index (χ1) is 17.2. The molecule has 7 nitrogen and oxygen atoms in total. The molecule has 1 N–H and O–H groups in total. The lowest BCUT2D eigenvalue weighted by molar-refractivity contribution is 0.0643. The topological polar surface area (TPSA) is 76.3 Å². The van der Waals surface area contributed by atoms with Gasteiger partial charge in [0.2, 0.25) is 0 Å². The summed E-state index contributed by atoms with van der Waals surface area (Å²) in [6, 6.07) is 12.7. The smallest absolute Gasteiger partial charge is 0.254 e. The van der Waals surface area contributed by atoms with Gasteiger partial charge in [-0.15, -0.1) is 0 Å². The lowest BCUT2D eigenvalue weighted by Crippen LogP contribution is -2.45. The second-order valence-corrected chi connectivity index (χ2v) is 10.8. The van der Waals surface area contributed by atoms with Gasteiger partial charge in [-0.2, -0.15) is 0 Å². The summed E-state index contributed by atoms with van der Waals surface area (Å²) in [7, 11) is 3.84. The summed E-state index contributed by atoms with van der Waals surface area (Å²) < 4.78 is 11.7. The van der Waals surface area contributed by atoms with E-state index in [-0.39, 0.29) is 29.6 Å². The number of hydrogen-bond donors (Lipinski definition) is 1. The molecule has 192 valence electrons. The third kappa shape index (κ3) is 3.98. The molecule has 1 unspecified atom stereocenters. The number of methoxy groups -OCH3 is 1. The highest BCUT2D eigenvalue weighted by atomic mass is 16.5. The zero-order valence-corrected chi connectivity index (χ0v) is 22.5. The molecule has 7 heteroatoms. The van der Waals surface area contributed by atoms with E-state index < -0.39 is 0 Å². The standard InChI is InChI=1S/C29H38N4O3/c1-8-36-25-13-21-22(14-24(25)35-7)27(31-29-23(21)15-32(6)16-26(29)30-29)19-9-11-20(12-10-19)28(34)33(17(2)3)18(4)5/h9-14,17-18,23,26,30H,8,15-16H2,1-7H3/t23-,26?,29+/m1/s1. The largest absolute Gasteiger partial charge is 0.493 e. The van der Waals surface area contributed by atoms with E-state index in [4.69, 9.17) is 14.5 Å². The summed E-state index contributed by atoms with van der Waals surface area (Å²) in [5.41, 5.74) is 4.65. The van der Waals surface area contributed by atoms with Gasteiger partial charge in [-0.25, -0.2) is 0 Å². The van der Waals surface area contributed by atoms with Crippen molar-refractivity contribution < 1.29 is 14.3 Å². The predicted molar refractivity (Wildman–Crippen MR) is 143 cm³/mol. The van der Waals surface area contributed by atoms with Crippen molar-refractivity contribution in [2.45, 2.75) is 64.3 Å². The molecule has 1 amide bonds. The number of carbonyl (C=O) groups excluding carboxylic acids is 1. The van der Waals surface area contributed by atoms with Gasteiger partial charge in [-0.05, 0) is 71.5 Å². The van der Waals surface area contributed by atoms with Gasteiger partial charge in [-0.3, -0.25) is 15.1 Å². The maximum Gasteiger partial charge on any atom is 0.254 e. The quantitative estimate of drug-likeness (QED) is 0.596. The fourth-order valence-electron chi connectivity index (χ4n) is 6.07. The van der Waals surface area contributed by atoms with Crippen LogP contribution in [0.25, 0.3) is 0 Å². The van der Waals surface area contributed by atoms with Crippen LogP contribution in [-0.4, -0.2) is 79.1 Å². The number of carbonyl (C=O) groups is 1. The normalized spacial score (nSPS) is 24.5. The third-order valence-electron chi connectivity index (χ3n) is 7.69. The molecule has 2 fully saturated rings. The van der Waals surface area contributed by atoms with Gasteiger partial charge in [0.25, 0.3) is 5.91 Å². The number of hydrogen-bond acceptors (Lipinski definition) is 6. The third-order valence-corrected chi connectivity index (χ3v) is 7.69. The van der Waals surface area contributed by atoms with Crippen LogP contribution in [0.15, 0.2) is 41.4 Å². The second kappa shape index (κ2) is 9.20. The van der Waals surface area contributed by atoms with E-state index in [9.17, 15) is 4.79 Å². The number of fused-ring (bicyclic) bond motifs is 2. The lowest BCUT2D eigenvalue weighted by atomic mass is 9.78. The van der Waals surface area contributed by atoms with Gasteiger partial charge in [0, 0.05) is 47.8 Å². The van der Waals surface area contributed by atoms with Crippen molar-refractivity contribution in [2.75, 3.05) is 33.9 Å². The molecule has 0 radical (unpaired) electrons. The van der Waals surface area contributed by atoms with Crippen LogP contribution in [0.3, 0.4) is 0 Å². The first kappa shape index (κ1) is 24.8. The molecule has 2 saturated heterocycles. The van der Waals surface area contributed by atoms with Crippen LogP contribution in [0, 0.1) is 0 Å². The van der Waals surface area contributed by atoms with Gasteiger partial charge >= 0.3 is 0 Å². The van der Waals surface area contributed by atoms with Gasteiger partial charge in [0.1, 0.15) is 5.66 Å². The van der Waals surface area contributed by atoms with Crippen molar-refractivity contribution in [3.63, 3.8) is 0 Å². The minimum Gasteiger partial charge on any atom is -0.493 e. The van der Waals surface area contributed by atoms with Crippen LogP contribution in [0.4, 0.5) is 0 Å². The van der Waals surface area contributed by atoms with E-state index in [1.54, 1.807) is 7.11 Å². The number of likely N-dealkylation sites (tertiary alicyclic amines) is 1. The Morgan fingerprint density at radius 3 is 2.44 bits per heavy atom. The molecular formula is C29H38N4O3. The average molecular weight is 491 g/mol. The van der Waals surface area contributed by atoms with Crippen LogP contribution in [-0.2, 0) is 0 Å². The van der Waals surface area contributed by atoms with Crippen molar-refractivity contribution in [1.29, 1.82) is 0 Å². The Balaban J connectivity index is 1.58. The highest BCUT2D eigenvalue weighted by Crippen LogP contribution is 2.52. The van der Waals surface area contributed by atoms with E-state index in [1.165, 1.54) is 5.56 Å². The van der Waals surface area contributed by atoms with Crippen LogP contribution < -0.4 is 14.8 Å². The highest BCUT2D eigenvalue weighted by molar-refractivity contribution is 6.15. The van der Waals surface area contributed by atoms with Gasteiger partial charge in [0.05, 0.1) is 25.5 Å². The summed E-state index contributed by atoms with van der Waals surface area (Å²) in [6.07, 6.45) is 0. The Hall–Kier alpha value is -2.90. The number of amides is 1. The van der Waals surface area contributed by atoms with Crippen molar-refractivity contribution >= 4 is 11.6 Å². The molecule has 3 aliphatic heterocycles. The summed E-state index contributed by atoms with van der Waals surface area (Å²) in [6.45, 7) is 12.7. The number of nitrogens with zero attached hydrogens (tertiary/aromatic N) is 3. The molecule has 1 spiro atoms. The number of aliphatic imine (C=N–C) groups is 1. The Bertz CT molecular complexity index is 1180. The molecular weight excluding hydrogens is 452 g/mol. The van der Waals surface area contributed by atoms with Crippen molar-refractivity contribution in [1.82, 2.24) is 15.1 Å². The molecule has 2 aromatic rings. The SMILES string of the molecule is CCOc1cc2c(cc1OC)C(c1ccc(C(=O)N(C(C)C)C(C)C)cc1)=N[C@]13NC1CN(C)C[C@H]23. The van der Waals surface area contributed by atoms with Crippen LogP contribution in [0.2, 0.25) is 0 Å². The van der Waals surface area contributed by atoms with Crippen molar-refractivity contribution in [2.24, 2.45) is 4.99 Å². The zero-order valence-electron chi connectivity index (χ0n) is 22.5. The van der Waals surface area contributed by atoms with E-state index in [0.29, 0.717) is 24.0 Å². The average Bonchev–Trinajstić information content (AvgIpc) is 3.54. The number of ether oxygens (including phenoxy) is 2. The highest BCUT2D eigenvalue weighted by Gasteiger charge is 2.64. The summed E-state index contributed by atoms with van der Waals surface area (Å²) in [5.74, 6) is 1.76. The first-order valence-corrected chi connectivity index (χ1v) is 13.0. The molecule has 5 rings (SSSR count). The minimum atomic E-state index is -0.284. The summed E-state index contributed by atoms with van der Waals surface area (Å²) in [4.78, 5) is 22.9. The molecule has 3 heterocycles. The number of piperidine rings is 1. The molecule has 0 saturated carbocycles. The molecule has 3 aliphatic rings. The molecule has 2 aromatic carbocycles. The van der Waals surface area contributed by atoms with E-state index in [2.05, 4.69) is 57.1 Å². The summed E-state index contributed by atoms with van der Waals surface area (Å²) >= 11 is 0. The van der Waals surface area contributed by atoms with Gasteiger partial charge < -0.3 is 19.3 Å². The number of rotatable bonds is 7. The van der Waals surface area contributed by atoms with Gasteiger partial charge in [-0.1, -0.05) is 12.1 Å². The fraction of sp³-hybridized carbons (Fsp3) is 0.517. The van der Waals surface area contributed by atoms with E-state index in [1.807, 2.05) is 36.1 Å². The number of nitrogens with one attached hydrogen (secondary N) is 1. The minimum absolute atomic E-state index is 0.0541. The summed E-state index contributed by atoms with van der Waals surface area (Å²) in [5, 5.41) is 3.70. The number of likely N-dealkylation sites (N-methyl/N-ethyl adjacent to an activating group) is 1. The van der Waals surface area contributed by atoms with Gasteiger partial charge in [0.15, 0.2) is 11.5 Å². The van der Waals surface area contributed by atoms with Crippen LogP contribution in [0.1, 0.15) is 67.6 Å². The fourth-order valence-corrected chi connectivity index (χ4v) is 6.07. The Morgan fingerprint density at radius 2 is 1.83 bits per heavy atom.